The van der Waals surface area contributed by atoms with Crippen molar-refractivity contribution in [2.24, 2.45) is 4.99 Å². The molecule has 1 aromatic rings. The van der Waals surface area contributed by atoms with Crippen molar-refractivity contribution in [2.45, 2.75) is 38.6 Å². The van der Waals surface area contributed by atoms with Gasteiger partial charge in [0.15, 0.2) is 5.96 Å². The Morgan fingerprint density at radius 1 is 1.48 bits per heavy atom. The molecule has 1 unspecified atom stereocenters. The number of hydrogen-bond donors (Lipinski definition) is 2. The second-order valence-electron chi connectivity index (χ2n) is 6.52. The molecular weight excluding hydrogens is 304 g/mol. The zero-order valence-electron chi connectivity index (χ0n) is 14.6. The minimum Gasteiger partial charge on any atom is -0.356 e. The molecule has 0 amide bonds. The molecule has 0 bridgehead atoms. The number of hydrogen-bond acceptors (Lipinski definition) is 3. The van der Waals surface area contributed by atoms with Gasteiger partial charge in [0.05, 0.1) is 0 Å². The van der Waals surface area contributed by atoms with Gasteiger partial charge >= 0.3 is 0 Å². The lowest BCUT2D eigenvalue weighted by atomic mass is 10.0. The van der Waals surface area contributed by atoms with Crippen molar-refractivity contribution >= 4 is 17.3 Å². The van der Waals surface area contributed by atoms with Crippen LogP contribution in [0.15, 0.2) is 34.7 Å². The summed E-state index contributed by atoms with van der Waals surface area (Å²) < 4.78 is 0. The van der Waals surface area contributed by atoms with Crippen molar-refractivity contribution in [3.8, 4) is 0 Å². The van der Waals surface area contributed by atoms with E-state index in [9.17, 15) is 0 Å². The van der Waals surface area contributed by atoms with Gasteiger partial charge < -0.3 is 10.6 Å². The summed E-state index contributed by atoms with van der Waals surface area (Å²) in [5.74, 6) is 1.43. The Bertz CT molecular complexity index is 501. The molecule has 1 aliphatic heterocycles. The van der Waals surface area contributed by atoms with Crippen LogP contribution >= 0.6 is 11.3 Å². The van der Waals surface area contributed by atoms with E-state index >= 15 is 0 Å². The third kappa shape index (κ3) is 5.99. The molecule has 128 valence electrons. The molecule has 1 aliphatic rings. The second kappa shape index (κ2) is 9.08. The summed E-state index contributed by atoms with van der Waals surface area (Å²) in [4.78, 5) is 8.27. The molecule has 2 N–H and O–H groups in total. The zero-order chi connectivity index (χ0) is 16.7. The first kappa shape index (κ1) is 18.0. The van der Waals surface area contributed by atoms with E-state index in [4.69, 9.17) is 0 Å². The van der Waals surface area contributed by atoms with E-state index in [0.717, 1.165) is 45.0 Å². The van der Waals surface area contributed by atoms with Crippen molar-refractivity contribution in [3.63, 3.8) is 0 Å². The maximum atomic E-state index is 4.37. The Hall–Kier alpha value is -1.33. The number of nitrogens with zero attached hydrogens (tertiary/aromatic N) is 2. The maximum Gasteiger partial charge on any atom is 0.191 e. The third-order valence-corrected chi connectivity index (χ3v) is 5.35. The van der Waals surface area contributed by atoms with Crippen LogP contribution in [-0.4, -0.2) is 50.1 Å². The number of rotatable bonds is 6. The molecule has 1 saturated heterocycles. The highest BCUT2D eigenvalue weighted by Gasteiger charge is 2.20. The van der Waals surface area contributed by atoms with Gasteiger partial charge in [0, 0.05) is 50.1 Å². The third-order valence-electron chi connectivity index (χ3n) is 4.25. The first-order valence-electron chi connectivity index (χ1n) is 8.45. The van der Waals surface area contributed by atoms with E-state index in [1.807, 2.05) is 18.4 Å². The second-order valence-corrected chi connectivity index (χ2v) is 7.50. The number of aliphatic imine (C=N–C) groups is 1. The van der Waals surface area contributed by atoms with E-state index < -0.39 is 0 Å². The van der Waals surface area contributed by atoms with Crippen molar-refractivity contribution in [2.75, 3.05) is 33.2 Å². The molecule has 1 fully saturated rings. The first-order chi connectivity index (χ1) is 11.1. The standard InChI is InChI=1S/C18H30N4S/c1-14(2)13-22-9-7-16(8-10-22)21-18(19-4)20-12-15(3)17-6-5-11-23-17/h5-6,11,15-16H,1,7-10,12-13H2,2-4H3,(H2,19,20,21). The molecule has 0 aliphatic carbocycles. The normalized spacial score (nSPS) is 18.7. The average molecular weight is 335 g/mol. The van der Waals surface area contributed by atoms with Gasteiger partial charge in [-0.15, -0.1) is 11.3 Å². The summed E-state index contributed by atoms with van der Waals surface area (Å²) in [7, 11) is 1.85. The lowest BCUT2D eigenvalue weighted by Crippen LogP contribution is -2.49. The molecular formula is C18H30N4S. The number of thiophene rings is 1. The van der Waals surface area contributed by atoms with E-state index in [0.29, 0.717) is 12.0 Å². The van der Waals surface area contributed by atoms with E-state index in [-0.39, 0.29) is 0 Å². The molecule has 4 nitrogen and oxygen atoms in total. The molecule has 0 saturated carbocycles. The molecule has 1 aromatic heterocycles. The van der Waals surface area contributed by atoms with Gasteiger partial charge in [0.2, 0.25) is 0 Å². The molecule has 1 atom stereocenters. The predicted octanol–water partition coefficient (Wildman–Crippen LogP) is 3.06. The number of likely N-dealkylation sites (tertiary alicyclic amines) is 1. The van der Waals surface area contributed by atoms with Crippen LogP contribution in [0.25, 0.3) is 0 Å². The Balaban J connectivity index is 1.72. The van der Waals surface area contributed by atoms with Crippen molar-refractivity contribution in [3.05, 3.63) is 34.5 Å². The smallest absolute Gasteiger partial charge is 0.191 e. The highest BCUT2D eigenvalue weighted by Crippen LogP contribution is 2.19. The summed E-state index contributed by atoms with van der Waals surface area (Å²) >= 11 is 1.82. The maximum absolute atomic E-state index is 4.37. The molecule has 0 radical (unpaired) electrons. The molecule has 0 spiro atoms. The van der Waals surface area contributed by atoms with Crippen LogP contribution in [0.3, 0.4) is 0 Å². The Kier molecular flexibility index (Phi) is 7.12. The number of piperidine rings is 1. The van der Waals surface area contributed by atoms with Gasteiger partial charge in [-0.2, -0.15) is 0 Å². The molecule has 2 heterocycles. The van der Waals surface area contributed by atoms with E-state index in [1.165, 1.54) is 10.5 Å². The fourth-order valence-corrected chi connectivity index (χ4v) is 3.71. The van der Waals surface area contributed by atoms with Crippen molar-refractivity contribution in [1.82, 2.24) is 15.5 Å². The Morgan fingerprint density at radius 2 is 2.22 bits per heavy atom. The molecule has 2 rings (SSSR count). The average Bonchev–Trinajstić information content (AvgIpc) is 3.06. The summed E-state index contributed by atoms with van der Waals surface area (Å²) in [5, 5.41) is 9.18. The number of nitrogens with one attached hydrogen (secondary N) is 2. The van der Waals surface area contributed by atoms with Crippen molar-refractivity contribution < 1.29 is 0 Å². The fourth-order valence-electron chi connectivity index (χ4n) is 2.93. The Labute approximate surface area is 144 Å². The lowest BCUT2D eigenvalue weighted by Gasteiger charge is -2.33. The van der Waals surface area contributed by atoms with Gasteiger partial charge in [0.1, 0.15) is 0 Å². The minimum absolute atomic E-state index is 0.506. The molecule has 5 heteroatoms. The first-order valence-corrected chi connectivity index (χ1v) is 9.33. The summed E-state index contributed by atoms with van der Waals surface area (Å²) in [5.41, 5.74) is 1.25. The minimum atomic E-state index is 0.506. The Morgan fingerprint density at radius 3 is 2.78 bits per heavy atom. The summed E-state index contributed by atoms with van der Waals surface area (Å²) in [6.07, 6.45) is 2.32. The molecule has 0 aromatic carbocycles. The summed E-state index contributed by atoms with van der Waals surface area (Å²) in [6.45, 7) is 12.6. The largest absolute Gasteiger partial charge is 0.356 e. The van der Waals surface area contributed by atoms with Crippen LogP contribution < -0.4 is 10.6 Å². The van der Waals surface area contributed by atoms with Crippen LogP contribution in [0.5, 0.6) is 0 Å². The topological polar surface area (TPSA) is 39.7 Å². The van der Waals surface area contributed by atoms with Gasteiger partial charge in [0.25, 0.3) is 0 Å². The van der Waals surface area contributed by atoms with Crippen LogP contribution in [0.2, 0.25) is 0 Å². The van der Waals surface area contributed by atoms with Gasteiger partial charge in [-0.1, -0.05) is 25.1 Å². The summed E-state index contributed by atoms with van der Waals surface area (Å²) in [6, 6.07) is 4.83. The van der Waals surface area contributed by atoms with Crippen LogP contribution in [0, 0.1) is 0 Å². The quantitative estimate of drug-likeness (QED) is 0.477. The van der Waals surface area contributed by atoms with Crippen LogP contribution in [-0.2, 0) is 0 Å². The van der Waals surface area contributed by atoms with Crippen LogP contribution in [0.4, 0.5) is 0 Å². The van der Waals surface area contributed by atoms with Gasteiger partial charge in [-0.25, -0.2) is 0 Å². The SMILES string of the molecule is C=C(C)CN1CCC(NC(=NC)NCC(C)c2cccs2)CC1. The molecule has 23 heavy (non-hydrogen) atoms. The lowest BCUT2D eigenvalue weighted by molar-refractivity contribution is 0.221. The van der Waals surface area contributed by atoms with E-state index in [1.54, 1.807) is 0 Å². The van der Waals surface area contributed by atoms with Crippen molar-refractivity contribution in [1.29, 1.82) is 0 Å². The van der Waals surface area contributed by atoms with E-state index in [2.05, 4.69) is 58.5 Å². The number of guanidine groups is 1. The monoisotopic (exact) mass is 334 g/mol. The van der Waals surface area contributed by atoms with Gasteiger partial charge in [-0.05, 0) is 31.2 Å². The fraction of sp³-hybridized carbons (Fsp3) is 0.611. The van der Waals surface area contributed by atoms with Crippen LogP contribution in [0.1, 0.15) is 37.5 Å². The zero-order valence-corrected chi connectivity index (χ0v) is 15.5. The highest BCUT2D eigenvalue weighted by atomic mass is 32.1. The van der Waals surface area contributed by atoms with Gasteiger partial charge in [-0.3, -0.25) is 9.89 Å². The predicted molar refractivity (Wildman–Crippen MR) is 102 cm³/mol. The highest BCUT2D eigenvalue weighted by molar-refractivity contribution is 7.10.